The lowest BCUT2D eigenvalue weighted by atomic mass is 9.85. The Bertz CT molecular complexity index is 553. The molecule has 0 amide bonds. The molecule has 1 heterocycles. The first-order valence-corrected chi connectivity index (χ1v) is 7.12. The van der Waals surface area contributed by atoms with E-state index < -0.39 is 0 Å². The summed E-state index contributed by atoms with van der Waals surface area (Å²) in [5.41, 5.74) is 5.90. The van der Waals surface area contributed by atoms with E-state index in [2.05, 4.69) is 42.5 Å². The maximum Gasteiger partial charge on any atom is 0.0491 e. The van der Waals surface area contributed by atoms with Gasteiger partial charge in [-0.1, -0.05) is 25.1 Å². The molecule has 1 atom stereocenters. The summed E-state index contributed by atoms with van der Waals surface area (Å²) in [4.78, 5) is 3.70. The molecule has 1 unspecified atom stereocenters. The number of para-hydroxylation sites is 1. The maximum atomic E-state index is 3.70. The summed E-state index contributed by atoms with van der Waals surface area (Å²) >= 11 is 0. The predicted molar refractivity (Wildman–Crippen MR) is 77.3 cm³/mol. The number of nitrogens with one attached hydrogen (secondary N) is 2. The fourth-order valence-corrected chi connectivity index (χ4v) is 3.43. The minimum absolute atomic E-state index is 0.680. The predicted octanol–water partition coefficient (Wildman–Crippen LogP) is 3.37. The highest BCUT2D eigenvalue weighted by Gasteiger charge is 2.24. The Labute approximate surface area is 109 Å². The van der Waals surface area contributed by atoms with Gasteiger partial charge < -0.3 is 10.3 Å². The van der Waals surface area contributed by atoms with Gasteiger partial charge in [-0.05, 0) is 49.8 Å². The van der Waals surface area contributed by atoms with Crippen molar-refractivity contribution in [1.29, 1.82) is 0 Å². The van der Waals surface area contributed by atoms with E-state index in [-0.39, 0.29) is 0 Å². The zero-order valence-corrected chi connectivity index (χ0v) is 11.3. The summed E-state index contributed by atoms with van der Waals surface area (Å²) < 4.78 is 0. The minimum Gasteiger partial charge on any atom is -0.358 e. The lowest BCUT2D eigenvalue weighted by Crippen LogP contribution is -2.20. The zero-order chi connectivity index (χ0) is 12.5. The summed E-state index contributed by atoms with van der Waals surface area (Å²) in [5.74, 6) is 0.680. The Morgan fingerprint density at radius 1 is 1.39 bits per heavy atom. The Morgan fingerprint density at radius 2 is 2.28 bits per heavy atom. The van der Waals surface area contributed by atoms with Gasteiger partial charge in [0.2, 0.25) is 0 Å². The number of hydrogen-bond acceptors (Lipinski definition) is 1. The number of aromatic amines is 1. The van der Waals surface area contributed by atoms with Gasteiger partial charge in [0, 0.05) is 23.1 Å². The largest absolute Gasteiger partial charge is 0.358 e. The number of aryl methyl sites for hydroxylation is 2. The topological polar surface area (TPSA) is 27.8 Å². The molecule has 1 aliphatic rings. The molecule has 2 heteroatoms. The molecule has 1 aromatic carbocycles. The van der Waals surface area contributed by atoms with Crippen molar-refractivity contribution < 1.29 is 0 Å². The third kappa shape index (κ3) is 1.76. The molecule has 0 saturated carbocycles. The van der Waals surface area contributed by atoms with Crippen molar-refractivity contribution >= 4 is 10.9 Å². The Balaban J connectivity index is 2.19. The molecule has 3 rings (SSSR count). The van der Waals surface area contributed by atoms with Crippen LogP contribution in [0.25, 0.3) is 10.9 Å². The molecular weight excluding hydrogens is 220 g/mol. The first kappa shape index (κ1) is 11.8. The smallest absolute Gasteiger partial charge is 0.0491 e. The van der Waals surface area contributed by atoms with Crippen LogP contribution < -0.4 is 5.32 Å². The van der Waals surface area contributed by atoms with Crippen molar-refractivity contribution in [1.82, 2.24) is 10.3 Å². The zero-order valence-electron chi connectivity index (χ0n) is 11.3. The molecule has 2 N–H and O–H groups in total. The molecular formula is C16H22N2. The van der Waals surface area contributed by atoms with Gasteiger partial charge in [0.25, 0.3) is 0 Å². The second-order valence-corrected chi connectivity index (χ2v) is 5.36. The molecule has 1 aromatic heterocycles. The Hall–Kier alpha value is -1.28. The third-order valence-electron chi connectivity index (χ3n) is 4.26. The summed E-state index contributed by atoms with van der Waals surface area (Å²) in [6.45, 7) is 3.33. The molecule has 96 valence electrons. The molecule has 0 bridgehead atoms. The van der Waals surface area contributed by atoms with Gasteiger partial charge in [-0.25, -0.2) is 0 Å². The summed E-state index contributed by atoms with van der Waals surface area (Å²) in [7, 11) is 2.06. The monoisotopic (exact) mass is 242 g/mol. The number of benzene rings is 1. The summed E-state index contributed by atoms with van der Waals surface area (Å²) in [6, 6.07) is 6.75. The van der Waals surface area contributed by atoms with Gasteiger partial charge in [0.15, 0.2) is 0 Å². The van der Waals surface area contributed by atoms with E-state index >= 15 is 0 Å². The average molecular weight is 242 g/mol. The number of hydrogen-bond donors (Lipinski definition) is 2. The number of aromatic nitrogens is 1. The highest BCUT2D eigenvalue weighted by Crippen LogP contribution is 2.37. The quantitative estimate of drug-likeness (QED) is 0.848. The average Bonchev–Trinajstić information content (AvgIpc) is 2.78. The number of fused-ring (bicyclic) bond motifs is 3. The molecule has 0 saturated heterocycles. The van der Waals surface area contributed by atoms with Crippen LogP contribution in [0.5, 0.6) is 0 Å². The van der Waals surface area contributed by atoms with Crippen molar-refractivity contribution in [2.24, 2.45) is 0 Å². The van der Waals surface area contributed by atoms with Gasteiger partial charge in [-0.2, -0.15) is 0 Å². The first-order valence-electron chi connectivity index (χ1n) is 7.12. The van der Waals surface area contributed by atoms with E-state index in [1.165, 1.54) is 41.4 Å². The summed E-state index contributed by atoms with van der Waals surface area (Å²) in [5, 5.41) is 4.81. The van der Waals surface area contributed by atoms with Crippen LogP contribution in [0.2, 0.25) is 0 Å². The van der Waals surface area contributed by atoms with Crippen LogP contribution in [-0.2, 0) is 12.8 Å². The van der Waals surface area contributed by atoms with E-state index in [9.17, 15) is 0 Å². The minimum atomic E-state index is 0.680. The van der Waals surface area contributed by atoms with Crippen LogP contribution in [0.1, 0.15) is 42.5 Å². The molecule has 0 spiro atoms. The molecule has 2 aromatic rings. The molecule has 0 aliphatic heterocycles. The van der Waals surface area contributed by atoms with Gasteiger partial charge >= 0.3 is 0 Å². The number of H-pyrrole nitrogens is 1. The number of rotatable bonds is 3. The lowest BCUT2D eigenvalue weighted by molar-refractivity contribution is 0.529. The van der Waals surface area contributed by atoms with Crippen LogP contribution in [0.3, 0.4) is 0 Å². The Morgan fingerprint density at radius 3 is 3.06 bits per heavy atom. The van der Waals surface area contributed by atoms with Crippen molar-refractivity contribution in [3.05, 3.63) is 35.0 Å². The van der Waals surface area contributed by atoms with E-state index in [0.717, 1.165) is 13.0 Å². The van der Waals surface area contributed by atoms with Crippen LogP contribution in [0.15, 0.2) is 18.2 Å². The van der Waals surface area contributed by atoms with Gasteiger partial charge in [-0.3, -0.25) is 0 Å². The molecule has 18 heavy (non-hydrogen) atoms. The van der Waals surface area contributed by atoms with E-state index in [1.807, 2.05) is 0 Å². The second kappa shape index (κ2) is 4.77. The van der Waals surface area contributed by atoms with Gasteiger partial charge in [0.05, 0.1) is 0 Å². The highest BCUT2D eigenvalue weighted by molar-refractivity contribution is 5.88. The Kier molecular flexibility index (Phi) is 3.13. The fraction of sp³-hybridized carbons (Fsp3) is 0.500. The summed E-state index contributed by atoms with van der Waals surface area (Å²) in [6.07, 6.45) is 4.95. The van der Waals surface area contributed by atoms with Gasteiger partial charge in [0.1, 0.15) is 0 Å². The van der Waals surface area contributed by atoms with Crippen molar-refractivity contribution in [2.45, 2.75) is 38.5 Å². The number of likely N-dealkylation sites (N-methyl/N-ethyl adjacent to an activating group) is 1. The molecule has 1 aliphatic carbocycles. The fourth-order valence-electron chi connectivity index (χ4n) is 3.43. The highest BCUT2D eigenvalue weighted by atomic mass is 14.8. The van der Waals surface area contributed by atoms with Crippen molar-refractivity contribution in [3.63, 3.8) is 0 Å². The van der Waals surface area contributed by atoms with E-state index in [4.69, 9.17) is 0 Å². The molecule has 0 radical (unpaired) electrons. The van der Waals surface area contributed by atoms with Gasteiger partial charge in [-0.15, -0.1) is 0 Å². The molecule has 2 nitrogen and oxygen atoms in total. The first-order chi connectivity index (χ1) is 8.85. The normalized spacial score (nSPS) is 19.1. The second-order valence-electron chi connectivity index (χ2n) is 5.36. The van der Waals surface area contributed by atoms with Crippen LogP contribution in [0, 0.1) is 0 Å². The molecule has 0 fully saturated rings. The SMILES string of the molecule is CCc1cccc2c3c([nH]c12)CCCC3CNC. The van der Waals surface area contributed by atoms with Crippen LogP contribution in [0.4, 0.5) is 0 Å². The van der Waals surface area contributed by atoms with E-state index in [0.29, 0.717) is 5.92 Å². The van der Waals surface area contributed by atoms with E-state index in [1.54, 1.807) is 5.56 Å². The third-order valence-corrected chi connectivity index (χ3v) is 4.26. The maximum absolute atomic E-state index is 3.70. The van der Waals surface area contributed by atoms with Crippen LogP contribution >= 0.6 is 0 Å². The lowest BCUT2D eigenvalue weighted by Gasteiger charge is -2.22. The standard InChI is InChI=1S/C16H22N2/c1-3-11-6-4-8-13-15-12(10-17-2)7-5-9-14(15)18-16(11)13/h4,6,8,12,17-18H,3,5,7,9-10H2,1-2H3. The van der Waals surface area contributed by atoms with Crippen LogP contribution in [-0.4, -0.2) is 18.6 Å². The van der Waals surface area contributed by atoms with Crippen molar-refractivity contribution in [2.75, 3.05) is 13.6 Å². The van der Waals surface area contributed by atoms with Crippen molar-refractivity contribution in [3.8, 4) is 0 Å².